The predicted molar refractivity (Wildman–Crippen MR) is 67.1 cm³/mol. The maximum atomic E-state index is 11.4. The number of ketones is 1. The molecule has 0 bridgehead atoms. The summed E-state index contributed by atoms with van der Waals surface area (Å²) in [5, 5.41) is 0. The van der Waals surface area contributed by atoms with Gasteiger partial charge in [-0.1, -0.05) is 36.4 Å². The van der Waals surface area contributed by atoms with Gasteiger partial charge in [0.2, 0.25) is 0 Å². The number of hydrogen-bond donors (Lipinski definition) is 0. The molecule has 16 heavy (non-hydrogen) atoms. The van der Waals surface area contributed by atoms with Crippen molar-refractivity contribution in [1.82, 2.24) is 0 Å². The largest absolute Gasteiger partial charge is 0.300 e. The Hall–Kier alpha value is -1.37. The second kappa shape index (κ2) is 5.11. The molecule has 1 heteroatoms. The van der Waals surface area contributed by atoms with Crippen molar-refractivity contribution in [2.24, 2.45) is 5.92 Å². The molecule has 1 nitrogen and oxygen atoms in total. The van der Waals surface area contributed by atoms with Crippen LogP contribution in [0.15, 0.2) is 36.4 Å². The maximum Gasteiger partial charge on any atom is 0.133 e. The van der Waals surface area contributed by atoms with Crippen molar-refractivity contribution >= 4 is 11.4 Å². The molecule has 84 valence electrons. The van der Waals surface area contributed by atoms with Crippen molar-refractivity contribution in [3.05, 3.63) is 42.0 Å². The Labute approximate surface area is 97.2 Å². The van der Waals surface area contributed by atoms with Crippen LogP contribution in [0.3, 0.4) is 0 Å². The first-order chi connectivity index (χ1) is 7.75. The topological polar surface area (TPSA) is 17.1 Å². The van der Waals surface area contributed by atoms with E-state index in [1.807, 2.05) is 6.07 Å². The Balaban J connectivity index is 2.09. The lowest BCUT2D eigenvalue weighted by Gasteiger charge is -2.18. The number of carbonyl (C=O) groups excluding carboxylic acids is 1. The van der Waals surface area contributed by atoms with Gasteiger partial charge in [-0.25, -0.2) is 0 Å². The summed E-state index contributed by atoms with van der Waals surface area (Å²) in [6.07, 6.45) is 6.02. The van der Waals surface area contributed by atoms with Crippen LogP contribution in [0.25, 0.3) is 5.57 Å². The molecule has 2 rings (SSSR count). The van der Waals surface area contributed by atoms with E-state index in [4.69, 9.17) is 0 Å². The van der Waals surface area contributed by atoms with Crippen LogP contribution in [0.4, 0.5) is 0 Å². The highest BCUT2D eigenvalue weighted by atomic mass is 16.1. The maximum absolute atomic E-state index is 11.4. The summed E-state index contributed by atoms with van der Waals surface area (Å²) in [4.78, 5) is 11.4. The molecule has 1 fully saturated rings. The van der Waals surface area contributed by atoms with E-state index in [0.29, 0.717) is 11.7 Å². The summed E-state index contributed by atoms with van der Waals surface area (Å²) in [6, 6.07) is 10.4. The molecule has 0 aromatic heterocycles. The van der Waals surface area contributed by atoms with Gasteiger partial charge in [0.15, 0.2) is 0 Å². The minimum absolute atomic E-state index is 0.424. The molecule has 0 amide bonds. The van der Waals surface area contributed by atoms with Gasteiger partial charge in [0.05, 0.1) is 0 Å². The van der Waals surface area contributed by atoms with Crippen molar-refractivity contribution in [3.8, 4) is 0 Å². The predicted octanol–water partition coefficient (Wildman–Crippen LogP) is 3.85. The zero-order valence-electron chi connectivity index (χ0n) is 9.78. The van der Waals surface area contributed by atoms with Gasteiger partial charge in [-0.3, -0.25) is 4.79 Å². The Morgan fingerprint density at radius 1 is 1.31 bits per heavy atom. The normalized spacial score (nSPS) is 22.2. The van der Waals surface area contributed by atoms with Gasteiger partial charge >= 0.3 is 0 Å². The van der Waals surface area contributed by atoms with Crippen LogP contribution in [-0.4, -0.2) is 5.78 Å². The van der Waals surface area contributed by atoms with Gasteiger partial charge in [-0.2, -0.15) is 0 Å². The molecule has 0 aliphatic heterocycles. The van der Waals surface area contributed by atoms with Gasteiger partial charge in [0.25, 0.3) is 0 Å². The number of allylic oxidation sites excluding steroid dienone is 2. The minimum atomic E-state index is 0.424. The van der Waals surface area contributed by atoms with E-state index in [1.54, 1.807) is 0 Å². The molecule has 1 aromatic rings. The van der Waals surface area contributed by atoms with E-state index in [2.05, 4.69) is 37.3 Å². The molecule has 0 radical (unpaired) electrons. The first kappa shape index (κ1) is 11.1. The van der Waals surface area contributed by atoms with Crippen LogP contribution in [0.1, 0.15) is 38.2 Å². The Kier molecular flexibility index (Phi) is 3.55. The quantitative estimate of drug-likeness (QED) is 0.730. The van der Waals surface area contributed by atoms with Crippen molar-refractivity contribution in [3.63, 3.8) is 0 Å². The molecule has 0 heterocycles. The molecule has 0 saturated heterocycles. The van der Waals surface area contributed by atoms with Gasteiger partial charge in [-0.15, -0.1) is 0 Å². The lowest BCUT2D eigenvalue weighted by molar-refractivity contribution is -0.121. The van der Waals surface area contributed by atoms with Crippen molar-refractivity contribution < 1.29 is 4.79 Å². The number of benzene rings is 1. The molecular formula is C15H18O. The van der Waals surface area contributed by atoms with Gasteiger partial charge in [-0.05, 0) is 36.8 Å². The standard InChI is InChI=1S/C15H18O/c1-12(14-7-3-2-4-8-14)10-13-6-5-9-15(16)11-13/h2-4,7-8,10,13H,5-6,9,11H2,1H3/b12-10-/t13-/m0/s1. The van der Waals surface area contributed by atoms with Crippen LogP contribution < -0.4 is 0 Å². The summed E-state index contributed by atoms with van der Waals surface area (Å²) in [7, 11) is 0. The molecular weight excluding hydrogens is 196 g/mol. The Morgan fingerprint density at radius 2 is 2.06 bits per heavy atom. The van der Waals surface area contributed by atoms with E-state index >= 15 is 0 Å². The lowest BCUT2D eigenvalue weighted by atomic mass is 9.86. The highest BCUT2D eigenvalue weighted by molar-refractivity contribution is 5.80. The number of carbonyl (C=O) groups is 1. The fourth-order valence-electron chi connectivity index (χ4n) is 2.35. The molecule has 0 unspecified atom stereocenters. The fourth-order valence-corrected chi connectivity index (χ4v) is 2.35. The average molecular weight is 214 g/mol. The molecule has 1 aliphatic carbocycles. The summed E-state index contributed by atoms with van der Waals surface area (Å²) < 4.78 is 0. The van der Waals surface area contributed by atoms with Crippen LogP contribution in [0, 0.1) is 5.92 Å². The third kappa shape index (κ3) is 2.82. The van der Waals surface area contributed by atoms with E-state index < -0.39 is 0 Å². The second-order valence-corrected chi connectivity index (χ2v) is 4.61. The number of hydrogen-bond acceptors (Lipinski definition) is 1. The monoisotopic (exact) mass is 214 g/mol. The third-order valence-corrected chi connectivity index (χ3v) is 3.24. The van der Waals surface area contributed by atoms with Gasteiger partial charge in [0.1, 0.15) is 5.78 Å². The molecule has 0 spiro atoms. The molecule has 1 atom stereocenters. The summed E-state index contributed by atoms with van der Waals surface area (Å²) in [5.74, 6) is 0.884. The van der Waals surface area contributed by atoms with E-state index in [1.165, 1.54) is 11.1 Å². The van der Waals surface area contributed by atoms with Crippen molar-refractivity contribution in [2.45, 2.75) is 32.6 Å². The van der Waals surface area contributed by atoms with E-state index in [9.17, 15) is 4.79 Å². The van der Waals surface area contributed by atoms with Crippen LogP contribution >= 0.6 is 0 Å². The minimum Gasteiger partial charge on any atom is -0.300 e. The van der Waals surface area contributed by atoms with Gasteiger partial charge < -0.3 is 0 Å². The first-order valence-corrected chi connectivity index (χ1v) is 6.01. The molecule has 1 aromatic carbocycles. The Morgan fingerprint density at radius 3 is 2.75 bits per heavy atom. The Bertz CT molecular complexity index is 389. The molecule has 1 saturated carbocycles. The molecule has 0 N–H and O–H groups in total. The molecule has 1 aliphatic rings. The van der Waals surface area contributed by atoms with Crippen molar-refractivity contribution in [2.75, 3.05) is 0 Å². The summed E-state index contributed by atoms with van der Waals surface area (Å²) >= 11 is 0. The van der Waals surface area contributed by atoms with Crippen LogP contribution in [0.2, 0.25) is 0 Å². The number of Topliss-reactive ketones (excluding diaryl/α,β-unsaturated/α-hetero) is 1. The highest BCUT2D eigenvalue weighted by Gasteiger charge is 2.17. The first-order valence-electron chi connectivity index (χ1n) is 6.01. The van der Waals surface area contributed by atoms with Crippen molar-refractivity contribution in [1.29, 1.82) is 0 Å². The van der Waals surface area contributed by atoms with E-state index in [-0.39, 0.29) is 0 Å². The van der Waals surface area contributed by atoms with E-state index in [0.717, 1.165) is 25.7 Å². The van der Waals surface area contributed by atoms with Crippen LogP contribution in [0.5, 0.6) is 0 Å². The van der Waals surface area contributed by atoms with Crippen LogP contribution in [-0.2, 0) is 4.79 Å². The average Bonchev–Trinajstić information content (AvgIpc) is 2.30. The third-order valence-electron chi connectivity index (χ3n) is 3.24. The second-order valence-electron chi connectivity index (χ2n) is 4.61. The number of rotatable bonds is 2. The van der Waals surface area contributed by atoms with Gasteiger partial charge in [0, 0.05) is 12.8 Å². The SMILES string of the molecule is C/C(=C/[C@@H]1CCCC(=O)C1)c1ccccc1. The summed E-state index contributed by atoms with van der Waals surface area (Å²) in [5.41, 5.74) is 2.56. The summed E-state index contributed by atoms with van der Waals surface area (Å²) in [6.45, 7) is 2.13. The zero-order chi connectivity index (χ0) is 11.4. The zero-order valence-corrected chi connectivity index (χ0v) is 9.78. The fraction of sp³-hybridized carbons (Fsp3) is 0.400. The lowest BCUT2D eigenvalue weighted by Crippen LogP contribution is -2.13. The smallest absolute Gasteiger partial charge is 0.133 e. The highest BCUT2D eigenvalue weighted by Crippen LogP contribution is 2.26.